The van der Waals surface area contributed by atoms with Gasteiger partial charge in [0, 0.05) is 18.0 Å². The Bertz CT molecular complexity index is 1960. The summed E-state index contributed by atoms with van der Waals surface area (Å²) in [6, 6.07) is 13.9. The summed E-state index contributed by atoms with van der Waals surface area (Å²) < 4.78 is 106. The predicted molar refractivity (Wildman–Crippen MR) is 142 cm³/mol. The third kappa shape index (κ3) is 5.93. The van der Waals surface area contributed by atoms with Gasteiger partial charge in [-0.05, 0) is 54.4 Å². The number of halogens is 6. The number of rotatable bonds is 6. The van der Waals surface area contributed by atoms with Crippen LogP contribution >= 0.6 is 0 Å². The van der Waals surface area contributed by atoms with Gasteiger partial charge in [0.15, 0.2) is 15.5 Å². The van der Waals surface area contributed by atoms with Crippen LogP contribution in [0.3, 0.4) is 0 Å². The van der Waals surface area contributed by atoms with Gasteiger partial charge in [-0.1, -0.05) is 35.5 Å². The van der Waals surface area contributed by atoms with Gasteiger partial charge in [-0.3, -0.25) is 4.79 Å². The molecule has 0 saturated heterocycles. The number of ketones is 1. The van der Waals surface area contributed by atoms with Crippen LogP contribution in [0.25, 0.3) is 22.5 Å². The van der Waals surface area contributed by atoms with E-state index < -0.39 is 39.2 Å². The Hall–Kier alpha value is -4.79. The van der Waals surface area contributed by atoms with Crippen molar-refractivity contribution in [3.8, 4) is 22.5 Å². The Morgan fingerprint density at radius 2 is 1.51 bits per heavy atom. The van der Waals surface area contributed by atoms with Gasteiger partial charge in [-0.15, -0.1) is 5.10 Å². The van der Waals surface area contributed by atoms with Crippen LogP contribution in [0, 0.1) is 6.92 Å². The van der Waals surface area contributed by atoms with Crippen molar-refractivity contribution in [1.29, 1.82) is 0 Å². The van der Waals surface area contributed by atoms with E-state index in [0.29, 0.717) is 11.1 Å². The van der Waals surface area contributed by atoms with Crippen molar-refractivity contribution in [1.82, 2.24) is 24.5 Å². The summed E-state index contributed by atoms with van der Waals surface area (Å²) in [4.78, 5) is 17.0. The molecule has 0 bridgehead atoms. The quantitative estimate of drug-likeness (QED) is 0.168. The summed E-state index contributed by atoms with van der Waals surface area (Å²) >= 11 is 0. The van der Waals surface area contributed by atoms with Gasteiger partial charge >= 0.3 is 12.4 Å². The van der Waals surface area contributed by atoms with Crippen molar-refractivity contribution < 1.29 is 39.6 Å². The minimum atomic E-state index is -4.75. The Morgan fingerprint density at radius 3 is 2.12 bits per heavy atom. The standard InChI is InChI=1S/C28H19F6N5O3S/c1-16-36-25(28(32,33)34)15-38(16)22-11-8-19(18-4-3-5-21(12-18)43(2,41)42)13-23(22)39-24(14-35-37-39)26(40)17-6-9-20(10-7-17)27(29,30)31/h3-15H,1-2H3. The Morgan fingerprint density at radius 1 is 0.837 bits per heavy atom. The van der Waals surface area contributed by atoms with Crippen LogP contribution in [0.4, 0.5) is 26.3 Å². The first-order valence-electron chi connectivity index (χ1n) is 12.2. The number of aromatic nitrogens is 5. The molecule has 43 heavy (non-hydrogen) atoms. The lowest BCUT2D eigenvalue weighted by Gasteiger charge is -2.16. The Balaban J connectivity index is 1.69. The minimum Gasteiger partial charge on any atom is -0.301 e. The van der Waals surface area contributed by atoms with E-state index in [2.05, 4.69) is 15.3 Å². The molecule has 0 aliphatic heterocycles. The maximum absolute atomic E-state index is 13.5. The fraction of sp³-hybridized carbons (Fsp3) is 0.143. The third-order valence-corrected chi connectivity index (χ3v) is 7.60. The SMILES string of the molecule is Cc1nc(C(F)(F)F)cn1-c1ccc(-c2cccc(S(C)(=O)=O)c2)cc1-n1nncc1C(=O)c1ccc(C(F)(F)F)cc1. The number of nitrogens with zero attached hydrogens (tertiary/aromatic N) is 5. The zero-order valence-electron chi connectivity index (χ0n) is 22.1. The zero-order valence-corrected chi connectivity index (χ0v) is 23.0. The number of benzene rings is 3. The van der Waals surface area contributed by atoms with Crippen molar-refractivity contribution in [3.63, 3.8) is 0 Å². The molecule has 0 radical (unpaired) electrons. The second-order valence-corrected chi connectivity index (χ2v) is 11.5. The average molecular weight is 620 g/mol. The topological polar surface area (TPSA) is 99.7 Å². The van der Waals surface area contributed by atoms with E-state index in [9.17, 15) is 39.6 Å². The molecule has 0 amide bonds. The number of imidazole rings is 1. The van der Waals surface area contributed by atoms with Gasteiger partial charge in [0.25, 0.3) is 0 Å². The number of aryl methyl sites for hydroxylation is 1. The van der Waals surface area contributed by atoms with Crippen molar-refractivity contribution in [3.05, 3.63) is 107 Å². The highest BCUT2D eigenvalue weighted by molar-refractivity contribution is 7.90. The molecular formula is C28H19F6N5O3S. The first-order chi connectivity index (χ1) is 20.0. The van der Waals surface area contributed by atoms with Crippen molar-refractivity contribution in [2.24, 2.45) is 0 Å². The van der Waals surface area contributed by atoms with Crippen molar-refractivity contribution in [2.75, 3.05) is 6.26 Å². The molecule has 5 rings (SSSR count). The van der Waals surface area contributed by atoms with Gasteiger partial charge in [0.05, 0.1) is 28.0 Å². The molecule has 0 fully saturated rings. The highest BCUT2D eigenvalue weighted by Crippen LogP contribution is 2.34. The van der Waals surface area contributed by atoms with E-state index in [1.165, 1.54) is 37.3 Å². The molecule has 2 heterocycles. The Kier molecular flexibility index (Phi) is 7.24. The normalized spacial score (nSPS) is 12.5. The molecule has 8 nitrogen and oxygen atoms in total. The summed E-state index contributed by atoms with van der Waals surface area (Å²) in [6.45, 7) is 1.35. The first-order valence-corrected chi connectivity index (χ1v) is 14.1. The number of alkyl halides is 6. The molecule has 5 aromatic rings. The van der Waals surface area contributed by atoms with Crippen LogP contribution in [0.1, 0.15) is 33.1 Å². The van der Waals surface area contributed by atoms with Crippen LogP contribution < -0.4 is 0 Å². The summed E-state index contributed by atoms with van der Waals surface area (Å²) in [5, 5.41) is 7.75. The van der Waals surface area contributed by atoms with Gasteiger partial charge in [-0.25, -0.2) is 18.1 Å². The van der Waals surface area contributed by atoms with Crippen LogP contribution in [0.15, 0.2) is 84.0 Å². The highest BCUT2D eigenvalue weighted by atomic mass is 32.2. The van der Waals surface area contributed by atoms with E-state index in [4.69, 9.17) is 0 Å². The number of sulfone groups is 1. The lowest BCUT2D eigenvalue weighted by Crippen LogP contribution is -2.13. The molecule has 0 N–H and O–H groups in total. The van der Waals surface area contributed by atoms with Gasteiger partial charge < -0.3 is 4.57 Å². The van der Waals surface area contributed by atoms with Crippen molar-refractivity contribution in [2.45, 2.75) is 24.2 Å². The molecule has 0 unspecified atom stereocenters. The molecule has 0 atom stereocenters. The number of hydrogen-bond acceptors (Lipinski definition) is 6. The minimum absolute atomic E-state index is 0.0230. The Labute approximate surface area is 240 Å². The average Bonchev–Trinajstić information content (AvgIpc) is 3.58. The van der Waals surface area contributed by atoms with Gasteiger partial charge in [0.1, 0.15) is 11.5 Å². The summed E-state index contributed by atoms with van der Waals surface area (Å²) in [6.07, 6.45) is -6.49. The van der Waals surface area contributed by atoms with E-state index >= 15 is 0 Å². The van der Waals surface area contributed by atoms with E-state index in [1.807, 2.05) is 0 Å². The van der Waals surface area contributed by atoms with Crippen LogP contribution in [-0.4, -0.2) is 45.0 Å². The van der Waals surface area contributed by atoms with Crippen LogP contribution in [-0.2, 0) is 22.2 Å². The second kappa shape index (κ2) is 10.5. The summed E-state index contributed by atoms with van der Waals surface area (Å²) in [5.41, 5.74) is -1.42. The highest BCUT2D eigenvalue weighted by Gasteiger charge is 2.35. The van der Waals surface area contributed by atoms with E-state index in [0.717, 1.165) is 52.2 Å². The largest absolute Gasteiger partial charge is 0.434 e. The molecule has 0 spiro atoms. The van der Waals surface area contributed by atoms with Crippen molar-refractivity contribution >= 4 is 15.6 Å². The smallest absolute Gasteiger partial charge is 0.301 e. The molecule has 3 aromatic carbocycles. The molecule has 0 saturated carbocycles. The lowest BCUT2D eigenvalue weighted by molar-refractivity contribution is -0.141. The monoisotopic (exact) mass is 619 g/mol. The van der Waals surface area contributed by atoms with Gasteiger partial charge in [0.2, 0.25) is 5.78 Å². The summed E-state index contributed by atoms with van der Waals surface area (Å²) in [5.74, 6) is -0.802. The molecule has 2 aromatic heterocycles. The number of carbonyl (C=O) groups is 1. The molecule has 222 valence electrons. The number of carbonyl (C=O) groups excluding carboxylic acids is 1. The van der Waals surface area contributed by atoms with Gasteiger partial charge in [-0.2, -0.15) is 26.3 Å². The second-order valence-electron chi connectivity index (χ2n) is 9.48. The lowest BCUT2D eigenvalue weighted by atomic mass is 10.0. The molecule has 0 aliphatic rings. The fourth-order valence-electron chi connectivity index (χ4n) is 4.36. The molecule has 15 heteroatoms. The zero-order chi connectivity index (χ0) is 31.3. The fourth-order valence-corrected chi connectivity index (χ4v) is 5.03. The van der Waals surface area contributed by atoms with Crippen LogP contribution in [0.5, 0.6) is 0 Å². The summed E-state index contributed by atoms with van der Waals surface area (Å²) in [7, 11) is -3.58. The molecule has 0 aliphatic carbocycles. The van der Waals surface area contributed by atoms with E-state index in [-0.39, 0.29) is 33.4 Å². The van der Waals surface area contributed by atoms with E-state index in [1.54, 1.807) is 12.1 Å². The van der Waals surface area contributed by atoms with Crippen LogP contribution in [0.2, 0.25) is 0 Å². The maximum Gasteiger partial charge on any atom is 0.434 e. The first kappa shape index (κ1) is 29.7. The third-order valence-electron chi connectivity index (χ3n) is 6.49. The predicted octanol–water partition coefficient (Wildman–Crippen LogP) is 6.10. The maximum atomic E-state index is 13.5. The molecular weight excluding hydrogens is 600 g/mol. The number of hydrogen-bond donors (Lipinski definition) is 0.